The zero-order valence-electron chi connectivity index (χ0n) is 7.64. The average Bonchev–Trinajstić information content (AvgIpc) is 2.59. The van der Waals surface area contributed by atoms with Crippen LogP contribution in [-0.2, 0) is 6.42 Å². The summed E-state index contributed by atoms with van der Waals surface area (Å²) >= 11 is 0. The van der Waals surface area contributed by atoms with Crippen molar-refractivity contribution in [1.82, 2.24) is 14.6 Å². The number of aryl methyl sites for hydroxylation is 1. The first-order chi connectivity index (χ1) is 6.72. The fraction of sp³-hybridized carbons (Fsp3) is 0.222. The van der Waals surface area contributed by atoms with Crippen LogP contribution >= 0.6 is 0 Å². The highest BCUT2D eigenvalue weighted by molar-refractivity contribution is 5.87. The number of nitrogens with zero attached hydrogens (tertiary/aromatic N) is 3. The van der Waals surface area contributed by atoms with Gasteiger partial charge in [-0.25, -0.2) is 14.3 Å². The molecule has 0 bridgehead atoms. The lowest BCUT2D eigenvalue weighted by Crippen LogP contribution is -2.01. The van der Waals surface area contributed by atoms with Crippen molar-refractivity contribution >= 4 is 11.6 Å². The van der Waals surface area contributed by atoms with Crippen molar-refractivity contribution in [3.63, 3.8) is 0 Å². The Hall–Kier alpha value is -1.91. The van der Waals surface area contributed by atoms with Gasteiger partial charge in [-0.05, 0) is 6.42 Å². The van der Waals surface area contributed by atoms with Crippen molar-refractivity contribution < 1.29 is 9.90 Å². The molecule has 0 amide bonds. The highest BCUT2D eigenvalue weighted by atomic mass is 16.4. The van der Waals surface area contributed by atoms with E-state index in [9.17, 15) is 4.79 Å². The van der Waals surface area contributed by atoms with Crippen LogP contribution in [0.25, 0.3) is 5.65 Å². The van der Waals surface area contributed by atoms with Crippen LogP contribution in [0.1, 0.15) is 22.8 Å². The second kappa shape index (κ2) is 3.10. The highest BCUT2D eigenvalue weighted by Gasteiger charge is 2.07. The van der Waals surface area contributed by atoms with E-state index < -0.39 is 5.97 Å². The molecule has 2 aromatic rings. The molecule has 5 nitrogen and oxygen atoms in total. The maximum Gasteiger partial charge on any atom is 0.338 e. The lowest BCUT2D eigenvalue weighted by molar-refractivity contribution is 0.0695. The number of aromatic nitrogens is 3. The number of carbonyl (C=O) groups is 1. The third kappa shape index (κ3) is 1.22. The van der Waals surface area contributed by atoms with Crippen molar-refractivity contribution in [2.45, 2.75) is 13.3 Å². The predicted octanol–water partition coefficient (Wildman–Crippen LogP) is 0.990. The molecule has 2 heterocycles. The first kappa shape index (κ1) is 8.68. The van der Waals surface area contributed by atoms with E-state index in [2.05, 4.69) is 10.1 Å². The summed E-state index contributed by atoms with van der Waals surface area (Å²) in [6.45, 7) is 2.00. The quantitative estimate of drug-likeness (QED) is 0.768. The van der Waals surface area contributed by atoms with E-state index >= 15 is 0 Å². The third-order valence-electron chi connectivity index (χ3n) is 2.06. The van der Waals surface area contributed by atoms with Gasteiger partial charge in [0.05, 0.1) is 11.8 Å². The molecular formula is C9H9N3O2. The summed E-state index contributed by atoms with van der Waals surface area (Å²) in [5.74, 6) is -0.993. The van der Waals surface area contributed by atoms with Crippen LogP contribution in [0.15, 0.2) is 18.6 Å². The van der Waals surface area contributed by atoms with Gasteiger partial charge in [0.2, 0.25) is 0 Å². The zero-order chi connectivity index (χ0) is 10.1. The van der Waals surface area contributed by atoms with Crippen LogP contribution in [0.5, 0.6) is 0 Å². The monoisotopic (exact) mass is 191 g/mol. The van der Waals surface area contributed by atoms with Crippen LogP contribution in [0.4, 0.5) is 0 Å². The van der Waals surface area contributed by atoms with E-state index in [-0.39, 0.29) is 5.56 Å². The van der Waals surface area contributed by atoms with Crippen LogP contribution in [0, 0.1) is 0 Å². The fourth-order valence-electron chi connectivity index (χ4n) is 1.28. The van der Waals surface area contributed by atoms with Crippen molar-refractivity contribution in [1.29, 1.82) is 0 Å². The van der Waals surface area contributed by atoms with Gasteiger partial charge in [0.15, 0.2) is 5.65 Å². The Balaban J connectivity index is 2.63. The van der Waals surface area contributed by atoms with Gasteiger partial charge in [0.1, 0.15) is 0 Å². The molecule has 14 heavy (non-hydrogen) atoms. The molecule has 0 aliphatic carbocycles. The number of fused-ring (bicyclic) bond motifs is 1. The molecule has 0 spiro atoms. The van der Waals surface area contributed by atoms with Crippen LogP contribution in [0.3, 0.4) is 0 Å². The van der Waals surface area contributed by atoms with Crippen molar-refractivity contribution in [2.24, 2.45) is 0 Å². The summed E-state index contributed by atoms with van der Waals surface area (Å²) in [5, 5.41) is 12.8. The minimum atomic E-state index is -0.993. The minimum absolute atomic E-state index is 0.142. The average molecular weight is 191 g/mol. The van der Waals surface area contributed by atoms with Crippen LogP contribution < -0.4 is 0 Å². The first-order valence-electron chi connectivity index (χ1n) is 4.28. The third-order valence-corrected chi connectivity index (χ3v) is 2.06. The maximum atomic E-state index is 10.6. The lowest BCUT2D eigenvalue weighted by atomic mass is 10.2. The zero-order valence-corrected chi connectivity index (χ0v) is 7.64. The molecule has 0 aliphatic heterocycles. The van der Waals surface area contributed by atoms with Crippen LogP contribution in [-0.4, -0.2) is 25.7 Å². The summed E-state index contributed by atoms with van der Waals surface area (Å²) < 4.78 is 1.49. The number of rotatable bonds is 2. The molecule has 72 valence electrons. The van der Waals surface area contributed by atoms with Crippen LogP contribution in [0.2, 0.25) is 0 Å². The number of hydrogen-bond acceptors (Lipinski definition) is 3. The Morgan fingerprint density at radius 3 is 3.00 bits per heavy atom. The van der Waals surface area contributed by atoms with Gasteiger partial charge in [0, 0.05) is 18.0 Å². The van der Waals surface area contributed by atoms with E-state index in [1.54, 1.807) is 6.20 Å². The van der Waals surface area contributed by atoms with Gasteiger partial charge in [-0.1, -0.05) is 6.92 Å². The SMILES string of the molecule is CCc1cnn2cc(C(=O)O)cnc12. The van der Waals surface area contributed by atoms with E-state index in [4.69, 9.17) is 5.11 Å². The van der Waals surface area contributed by atoms with Crippen molar-refractivity contribution in [3.8, 4) is 0 Å². The molecule has 0 atom stereocenters. The molecule has 0 fully saturated rings. The summed E-state index contributed by atoms with van der Waals surface area (Å²) in [7, 11) is 0. The molecule has 0 saturated carbocycles. The Morgan fingerprint density at radius 2 is 2.36 bits per heavy atom. The number of carboxylic acids is 1. The Labute approximate surface area is 80.0 Å². The largest absolute Gasteiger partial charge is 0.478 e. The van der Waals surface area contributed by atoms with E-state index in [1.165, 1.54) is 16.9 Å². The topological polar surface area (TPSA) is 67.5 Å². The first-order valence-corrected chi connectivity index (χ1v) is 4.28. The van der Waals surface area contributed by atoms with E-state index in [0.717, 1.165) is 17.6 Å². The number of carboxylic acid groups (broad SMARTS) is 1. The number of hydrogen-bond donors (Lipinski definition) is 1. The summed E-state index contributed by atoms with van der Waals surface area (Å²) in [6.07, 6.45) is 5.35. The molecular weight excluding hydrogens is 182 g/mol. The van der Waals surface area contributed by atoms with Crippen molar-refractivity contribution in [2.75, 3.05) is 0 Å². The summed E-state index contributed by atoms with van der Waals surface area (Å²) in [4.78, 5) is 14.7. The normalized spacial score (nSPS) is 10.6. The smallest absolute Gasteiger partial charge is 0.338 e. The van der Waals surface area contributed by atoms with Gasteiger partial charge < -0.3 is 5.11 Å². The Kier molecular flexibility index (Phi) is 1.92. The number of aromatic carboxylic acids is 1. The maximum absolute atomic E-state index is 10.6. The standard InChI is InChI=1S/C9H9N3O2/c1-2-6-4-11-12-5-7(9(13)14)3-10-8(6)12/h3-5H,2H2,1H3,(H,13,14). The molecule has 1 N–H and O–H groups in total. The van der Waals surface area contributed by atoms with Gasteiger partial charge in [-0.2, -0.15) is 5.10 Å². The van der Waals surface area contributed by atoms with Gasteiger partial charge in [0.25, 0.3) is 0 Å². The summed E-state index contributed by atoms with van der Waals surface area (Å²) in [5.41, 5.74) is 1.88. The van der Waals surface area contributed by atoms with Crippen molar-refractivity contribution in [3.05, 3.63) is 29.7 Å². The lowest BCUT2D eigenvalue weighted by Gasteiger charge is -1.96. The van der Waals surface area contributed by atoms with E-state index in [1.807, 2.05) is 6.92 Å². The molecule has 0 radical (unpaired) electrons. The molecule has 0 saturated heterocycles. The van der Waals surface area contributed by atoms with Gasteiger partial charge >= 0.3 is 5.97 Å². The van der Waals surface area contributed by atoms with Gasteiger partial charge in [-0.15, -0.1) is 0 Å². The minimum Gasteiger partial charge on any atom is -0.478 e. The molecule has 2 aromatic heterocycles. The molecule has 2 rings (SSSR count). The van der Waals surface area contributed by atoms with Gasteiger partial charge in [-0.3, -0.25) is 0 Å². The Morgan fingerprint density at radius 1 is 1.57 bits per heavy atom. The Bertz CT molecular complexity index is 490. The highest BCUT2D eigenvalue weighted by Crippen LogP contribution is 2.08. The molecule has 0 unspecified atom stereocenters. The molecule has 0 aromatic carbocycles. The molecule has 5 heteroatoms. The fourth-order valence-corrected chi connectivity index (χ4v) is 1.28. The second-order valence-electron chi connectivity index (χ2n) is 2.94. The second-order valence-corrected chi connectivity index (χ2v) is 2.94. The van der Waals surface area contributed by atoms with E-state index in [0.29, 0.717) is 0 Å². The predicted molar refractivity (Wildman–Crippen MR) is 49.3 cm³/mol. The molecule has 0 aliphatic rings. The summed E-state index contributed by atoms with van der Waals surface area (Å²) in [6, 6.07) is 0.